The number of H-pyrrole nitrogens is 1. The Kier molecular flexibility index (Phi) is 2.12. The minimum Gasteiger partial charge on any atom is -0.442 e. The molecule has 2 aromatic rings. The largest absolute Gasteiger partial charge is 0.442 e. The molecule has 0 saturated heterocycles. The monoisotopic (exact) mass is 210 g/mol. The van der Waals surface area contributed by atoms with Crippen molar-refractivity contribution >= 4 is 17.1 Å². The van der Waals surface area contributed by atoms with Gasteiger partial charge < -0.3 is 4.74 Å². The number of carbonyl (C=O) groups excluding carboxylic acids is 1. The van der Waals surface area contributed by atoms with Crippen molar-refractivity contribution in [2.75, 3.05) is 0 Å². The number of aromatic amines is 1. The van der Waals surface area contributed by atoms with Crippen LogP contribution in [0.5, 0.6) is 0 Å². The van der Waals surface area contributed by atoms with Gasteiger partial charge in [0.2, 0.25) is 5.65 Å². The molecule has 0 unspecified atom stereocenters. The summed E-state index contributed by atoms with van der Waals surface area (Å²) in [5, 5.41) is 16.2. The van der Waals surface area contributed by atoms with Crippen LogP contribution in [0.1, 0.15) is 6.92 Å². The molecule has 15 heavy (non-hydrogen) atoms. The zero-order chi connectivity index (χ0) is 10.8. The molecule has 0 radical (unpaired) electrons. The fourth-order valence-corrected chi connectivity index (χ4v) is 1.00. The van der Waals surface area contributed by atoms with E-state index in [0.717, 1.165) is 4.68 Å². The summed E-state index contributed by atoms with van der Waals surface area (Å²) in [7, 11) is 0. The molecule has 0 fully saturated rings. The summed E-state index contributed by atoms with van der Waals surface area (Å²) in [6, 6.07) is 0. The van der Waals surface area contributed by atoms with E-state index in [0.29, 0.717) is 0 Å². The standard InChI is InChI=1S/C6H6N6O3/c1-3(13)15-2-12-4-5(8-11-12)7-10-9-6(4)14/h2H2,1H3,(H,7,9,14). The summed E-state index contributed by atoms with van der Waals surface area (Å²) in [5.74, 6) is -0.475. The number of aromatic nitrogens is 6. The minimum absolute atomic E-state index is 0.103. The Morgan fingerprint density at radius 3 is 3.07 bits per heavy atom. The molecule has 0 amide bonds. The number of nitrogens with zero attached hydrogens (tertiary/aromatic N) is 5. The van der Waals surface area contributed by atoms with Gasteiger partial charge in [0.05, 0.1) is 0 Å². The van der Waals surface area contributed by atoms with Gasteiger partial charge in [-0.15, -0.1) is 10.2 Å². The fourth-order valence-electron chi connectivity index (χ4n) is 1.00. The normalized spacial score (nSPS) is 10.5. The van der Waals surface area contributed by atoms with Crippen molar-refractivity contribution in [3.8, 4) is 0 Å². The van der Waals surface area contributed by atoms with Crippen LogP contribution in [0.3, 0.4) is 0 Å². The van der Waals surface area contributed by atoms with Crippen molar-refractivity contribution < 1.29 is 9.53 Å². The topological polar surface area (TPSA) is 116 Å². The molecule has 2 aromatic heterocycles. The van der Waals surface area contributed by atoms with Gasteiger partial charge >= 0.3 is 5.97 Å². The number of hydrogen-bond donors (Lipinski definition) is 1. The van der Waals surface area contributed by atoms with E-state index in [2.05, 4.69) is 30.5 Å². The Labute approximate surface area is 82.0 Å². The third-order valence-electron chi connectivity index (χ3n) is 1.62. The summed E-state index contributed by atoms with van der Waals surface area (Å²) >= 11 is 0. The van der Waals surface area contributed by atoms with Crippen molar-refractivity contribution in [1.82, 2.24) is 30.4 Å². The average Bonchev–Trinajstić information content (AvgIpc) is 2.59. The Morgan fingerprint density at radius 1 is 1.53 bits per heavy atom. The summed E-state index contributed by atoms with van der Waals surface area (Å²) in [6.07, 6.45) is 0. The first kappa shape index (κ1) is 9.24. The molecule has 2 rings (SSSR count). The number of hydrogen-bond acceptors (Lipinski definition) is 7. The van der Waals surface area contributed by atoms with Crippen LogP contribution >= 0.6 is 0 Å². The van der Waals surface area contributed by atoms with Crippen molar-refractivity contribution in [3.05, 3.63) is 10.4 Å². The van der Waals surface area contributed by atoms with Crippen molar-refractivity contribution in [1.29, 1.82) is 0 Å². The van der Waals surface area contributed by atoms with Crippen LogP contribution < -0.4 is 5.56 Å². The molecule has 9 nitrogen and oxygen atoms in total. The van der Waals surface area contributed by atoms with Crippen LogP contribution in [0.2, 0.25) is 0 Å². The van der Waals surface area contributed by atoms with E-state index in [1.807, 2.05) is 0 Å². The van der Waals surface area contributed by atoms with E-state index in [1.54, 1.807) is 0 Å². The van der Waals surface area contributed by atoms with Gasteiger partial charge in [0.15, 0.2) is 12.2 Å². The molecule has 0 aliphatic carbocycles. The van der Waals surface area contributed by atoms with E-state index >= 15 is 0 Å². The number of carbonyl (C=O) groups is 1. The van der Waals surface area contributed by atoms with E-state index in [4.69, 9.17) is 0 Å². The first-order chi connectivity index (χ1) is 7.18. The second-order valence-corrected chi connectivity index (χ2v) is 2.67. The molecule has 78 valence electrons. The highest BCUT2D eigenvalue weighted by Gasteiger charge is 2.10. The van der Waals surface area contributed by atoms with E-state index in [9.17, 15) is 9.59 Å². The Bertz CT molecular complexity index is 557. The van der Waals surface area contributed by atoms with Gasteiger partial charge in [0.1, 0.15) is 0 Å². The summed E-state index contributed by atoms with van der Waals surface area (Å²) in [4.78, 5) is 21.9. The molecule has 0 aromatic carbocycles. The van der Waals surface area contributed by atoms with Crippen molar-refractivity contribution in [3.63, 3.8) is 0 Å². The van der Waals surface area contributed by atoms with Gasteiger partial charge in [-0.1, -0.05) is 10.4 Å². The first-order valence-corrected chi connectivity index (χ1v) is 3.96. The maximum Gasteiger partial charge on any atom is 0.304 e. The van der Waals surface area contributed by atoms with Gasteiger partial charge in [-0.05, 0) is 0 Å². The maximum absolute atomic E-state index is 11.3. The SMILES string of the molecule is CC(=O)OCn1nnc2nn[nH]c(=O)c21. The number of nitrogens with one attached hydrogen (secondary N) is 1. The number of rotatable bonds is 2. The molecular weight excluding hydrogens is 204 g/mol. The lowest BCUT2D eigenvalue weighted by Gasteiger charge is -2.00. The predicted molar refractivity (Wildman–Crippen MR) is 45.5 cm³/mol. The molecule has 0 spiro atoms. The van der Waals surface area contributed by atoms with Crippen LogP contribution in [0.4, 0.5) is 0 Å². The van der Waals surface area contributed by atoms with Crippen LogP contribution in [-0.2, 0) is 16.3 Å². The van der Waals surface area contributed by atoms with Gasteiger partial charge in [0, 0.05) is 6.92 Å². The van der Waals surface area contributed by atoms with Gasteiger partial charge in [-0.25, -0.2) is 9.78 Å². The van der Waals surface area contributed by atoms with Crippen LogP contribution in [-0.4, -0.2) is 36.4 Å². The third-order valence-corrected chi connectivity index (χ3v) is 1.62. The van der Waals surface area contributed by atoms with E-state index in [-0.39, 0.29) is 17.9 Å². The van der Waals surface area contributed by atoms with Crippen LogP contribution in [0.15, 0.2) is 4.79 Å². The van der Waals surface area contributed by atoms with Gasteiger partial charge in [0.25, 0.3) is 5.56 Å². The lowest BCUT2D eigenvalue weighted by atomic mass is 10.5. The van der Waals surface area contributed by atoms with E-state index < -0.39 is 11.5 Å². The van der Waals surface area contributed by atoms with Gasteiger partial charge in [-0.3, -0.25) is 9.59 Å². The molecule has 0 aliphatic rings. The third kappa shape index (κ3) is 1.66. The molecule has 9 heteroatoms. The lowest BCUT2D eigenvalue weighted by molar-refractivity contribution is -0.145. The fraction of sp³-hybridized carbons (Fsp3) is 0.333. The molecule has 0 saturated carbocycles. The summed E-state index contributed by atoms with van der Waals surface area (Å²) < 4.78 is 5.80. The summed E-state index contributed by atoms with van der Waals surface area (Å²) in [5.41, 5.74) is -0.269. The van der Waals surface area contributed by atoms with Crippen molar-refractivity contribution in [2.45, 2.75) is 13.7 Å². The lowest BCUT2D eigenvalue weighted by Crippen LogP contribution is -2.16. The van der Waals surface area contributed by atoms with Crippen LogP contribution in [0.25, 0.3) is 11.2 Å². The van der Waals surface area contributed by atoms with Crippen LogP contribution in [0, 0.1) is 0 Å². The average molecular weight is 210 g/mol. The number of ether oxygens (including phenoxy) is 1. The minimum atomic E-state index is -0.489. The predicted octanol–water partition coefficient (Wildman–Crippen LogP) is -1.57. The van der Waals surface area contributed by atoms with Gasteiger partial charge in [-0.2, -0.15) is 0 Å². The highest BCUT2D eigenvalue weighted by atomic mass is 16.5. The highest BCUT2D eigenvalue weighted by molar-refractivity contribution is 5.67. The second-order valence-electron chi connectivity index (χ2n) is 2.67. The van der Waals surface area contributed by atoms with Crippen molar-refractivity contribution in [2.24, 2.45) is 0 Å². The molecule has 2 heterocycles. The molecule has 1 N–H and O–H groups in total. The molecule has 0 bridgehead atoms. The zero-order valence-electron chi connectivity index (χ0n) is 7.67. The number of esters is 1. The molecule has 0 atom stereocenters. The smallest absolute Gasteiger partial charge is 0.304 e. The Morgan fingerprint density at radius 2 is 2.33 bits per heavy atom. The highest BCUT2D eigenvalue weighted by Crippen LogP contribution is 1.99. The number of fused-ring (bicyclic) bond motifs is 1. The maximum atomic E-state index is 11.3. The zero-order valence-corrected chi connectivity index (χ0v) is 7.67. The van der Waals surface area contributed by atoms with E-state index in [1.165, 1.54) is 6.92 Å². The molecular formula is C6H6N6O3. The first-order valence-electron chi connectivity index (χ1n) is 3.96. The Balaban J connectivity index is 2.44. The quantitative estimate of drug-likeness (QED) is 0.595. The summed E-state index contributed by atoms with van der Waals surface area (Å²) in [6.45, 7) is 1.07. The second kappa shape index (κ2) is 3.44. The molecule has 0 aliphatic heterocycles. The Hall–Kier alpha value is -2.32.